The summed E-state index contributed by atoms with van der Waals surface area (Å²) in [5, 5.41) is 9.32. The van der Waals surface area contributed by atoms with Crippen molar-refractivity contribution in [1.29, 1.82) is 0 Å². The summed E-state index contributed by atoms with van der Waals surface area (Å²) in [6.45, 7) is 0.778. The first kappa shape index (κ1) is 28.0. The maximum absolute atomic E-state index is 13.9. The number of rotatable bonds is 9. The number of carboxylic acids is 1. The smallest absolute Gasteiger partial charge is 0.430 e. The second-order valence-electron chi connectivity index (χ2n) is 8.71. The predicted octanol–water partition coefficient (Wildman–Crippen LogP) is 5.99. The van der Waals surface area contributed by atoms with Crippen LogP contribution in [0.5, 0.6) is 0 Å². The van der Waals surface area contributed by atoms with Crippen LogP contribution in [-0.2, 0) is 29.7 Å². The normalized spacial score (nSPS) is 21.1. The fourth-order valence-electron chi connectivity index (χ4n) is 4.46. The molecule has 0 saturated heterocycles. The van der Waals surface area contributed by atoms with Crippen LogP contribution in [0, 0.1) is 5.92 Å². The van der Waals surface area contributed by atoms with Gasteiger partial charge < -0.3 is 9.84 Å². The van der Waals surface area contributed by atoms with Crippen LogP contribution in [0.1, 0.15) is 43.7 Å². The first-order valence-electron chi connectivity index (χ1n) is 11.0. The number of carbonyl (C=O) groups is 1. The van der Waals surface area contributed by atoms with E-state index in [1.165, 1.54) is 24.3 Å². The molecule has 0 heterocycles. The zero-order chi connectivity index (χ0) is 27.0. The van der Waals surface area contributed by atoms with Crippen molar-refractivity contribution in [2.45, 2.75) is 60.2 Å². The van der Waals surface area contributed by atoms with Crippen LogP contribution in [0.3, 0.4) is 0 Å². The van der Waals surface area contributed by atoms with Crippen LogP contribution in [0.15, 0.2) is 59.5 Å². The number of alkyl halides is 6. The molecule has 0 radical (unpaired) electrons. The van der Waals surface area contributed by atoms with Crippen LogP contribution >= 0.6 is 0 Å². The summed E-state index contributed by atoms with van der Waals surface area (Å²) in [5.74, 6) is -2.28. The summed E-state index contributed by atoms with van der Waals surface area (Å²) in [6, 6.07) is 9.91. The molecule has 1 aliphatic carbocycles. The van der Waals surface area contributed by atoms with Gasteiger partial charge in [-0.3, -0.25) is 4.79 Å². The Labute approximate surface area is 204 Å². The van der Waals surface area contributed by atoms with Crippen molar-refractivity contribution in [3.63, 3.8) is 0 Å². The second-order valence-corrected chi connectivity index (χ2v) is 11.0. The Bertz CT molecular complexity index is 1150. The van der Waals surface area contributed by atoms with E-state index >= 15 is 0 Å². The highest BCUT2D eigenvalue weighted by Crippen LogP contribution is 2.56. The Hall–Kier alpha value is -2.60. The van der Waals surface area contributed by atoms with Gasteiger partial charge in [0, 0.05) is 12.2 Å². The molecule has 5 nitrogen and oxygen atoms in total. The highest BCUT2D eigenvalue weighted by atomic mass is 32.2. The van der Waals surface area contributed by atoms with Crippen LogP contribution in [-0.4, -0.2) is 38.5 Å². The molecule has 0 amide bonds. The van der Waals surface area contributed by atoms with E-state index in [-0.39, 0.29) is 29.7 Å². The van der Waals surface area contributed by atoms with Crippen molar-refractivity contribution < 1.29 is 49.4 Å². The molecule has 198 valence electrons. The Morgan fingerprint density at radius 1 is 0.972 bits per heavy atom. The molecule has 0 aliphatic heterocycles. The summed E-state index contributed by atoms with van der Waals surface area (Å²) in [4.78, 5) is 11.3. The lowest BCUT2D eigenvalue weighted by Crippen LogP contribution is -2.56. The molecule has 2 aromatic carbocycles. The molecule has 0 unspecified atom stereocenters. The third kappa shape index (κ3) is 4.49. The molecular formula is C24H24F6O5S. The number of unbranched alkanes of at least 4 members (excludes halogenated alkanes) is 1. The van der Waals surface area contributed by atoms with E-state index in [2.05, 4.69) is 4.74 Å². The van der Waals surface area contributed by atoms with Gasteiger partial charge in [0.15, 0.2) is 9.84 Å². The van der Waals surface area contributed by atoms with Gasteiger partial charge >= 0.3 is 18.3 Å². The van der Waals surface area contributed by atoms with E-state index in [0.29, 0.717) is 18.6 Å². The molecule has 0 atom stereocenters. The van der Waals surface area contributed by atoms with Gasteiger partial charge in [0.25, 0.3) is 5.60 Å². The van der Waals surface area contributed by atoms with Gasteiger partial charge in [0.05, 0.1) is 10.8 Å². The lowest BCUT2D eigenvalue weighted by molar-refractivity contribution is -0.389. The molecule has 0 aromatic heterocycles. The number of aliphatic carboxylic acids is 1. The maximum Gasteiger partial charge on any atom is 0.430 e. The Morgan fingerprint density at radius 2 is 1.50 bits per heavy atom. The third-order valence-electron chi connectivity index (χ3n) is 6.50. The third-order valence-corrected chi connectivity index (χ3v) is 8.99. The van der Waals surface area contributed by atoms with Crippen LogP contribution < -0.4 is 0 Å². The number of halogens is 6. The molecule has 1 fully saturated rings. The van der Waals surface area contributed by atoms with Crippen molar-refractivity contribution >= 4 is 15.8 Å². The van der Waals surface area contributed by atoms with Gasteiger partial charge in [-0.15, -0.1) is 0 Å². The highest BCUT2D eigenvalue weighted by molar-refractivity contribution is 7.92. The summed E-state index contributed by atoms with van der Waals surface area (Å²) < 4.78 is 113. The van der Waals surface area contributed by atoms with Crippen molar-refractivity contribution in [2.24, 2.45) is 5.92 Å². The van der Waals surface area contributed by atoms with Crippen LogP contribution in [0.4, 0.5) is 26.3 Å². The molecule has 1 aliphatic rings. The number of ether oxygens (including phenoxy) is 1. The molecule has 0 bridgehead atoms. The summed E-state index contributed by atoms with van der Waals surface area (Å²) in [7, 11) is -4.25. The van der Waals surface area contributed by atoms with Gasteiger partial charge in [0.2, 0.25) is 0 Å². The average Bonchev–Trinajstić information content (AvgIpc) is 2.75. The zero-order valence-electron chi connectivity index (χ0n) is 19.1. The Balaban J connectivity index is 2.13. The summed E-state index contributed by atoms with van der Waals surface area (Å²) in [6.07, 6.45) is -12.2. The van der Waals surface area contributed by atoms with Crippen molar-refractivity contribution in [2.75, 3.05) is 6.61 Å². The van der Waals surface area contributed by atoms with Gasteiger partial charge in [0.1, 0.15) is 4.75 Å². The minimum atomic E-state index is -5.86. The minimum Gasteiger partial charge on any atom is -0.481 e. The van der Waals surface area contributed by atoms with Gasteiger partial charge in [-0.25, -0.2) is 8.42 Å². The van der Waals surface area contributed by atoms with E-state index < -0.39 is 56.6 Å². The Kier molecular flexibility index (Phi) is 7.54. The molecule has 3 rings (SSSR count). The molecule has 36 heavy (non-hydrogen) atoms. The first-order chi connectivity index (χ1) is 16.6. The first-order valence-corrected chi connectivity index (χ1v) is 12.5. The van der Waals surface area contributed by atoms with E-state index in [9.17, 15) is 44.7 Å². The van der Waals surface area contributed by atoms with Gasteiger partial charge in [-0.2, -0.15) is 26.3 Å². The minimum absolute atomic E-state index is 0.0407. The van der Waals surface area contributed by atoms with Gasteiger partial charge in [-0.1, -0.05) is 55.8 Å². The zero-order valence-corrected chi connectivity index (χ0v) is 19.9. The number of benzene rings is 2. The van der Waals surface area contributed by atoms with Crippen molar-refractivity contribution in [3.8, 4) is 0 Å². The summed E-state index contributed by atoms with van der Waals surface area (Å²) in [5.41, 5.74) is -5.95. The molecule has 12 heteroatoms. The number of carboxylic acid groups (broad SMARTS) is 1. The monoisotopic (exact) mass is 538 g/mol. The quantitative estimate of drug-likeness (QED) is 0.314. The standard InChI is InChI=1S/C24H24F6O5S/c1-2-3-13-35-22(23(25,26)27,24(28,29)30)18-11-9-17(10-12-18)21(14-16(15-21)20(31)32)36(33,34)19-7-5-4-6-8-19/h4-12,16H,2-3,13-15H2,1H3,(H,31,32). The SMILES string of the molecule is CCCCOC(c1ccc(C2(S(=O)(=O)c3ccccc3)CC(C(=O)O)C2)cc1)(C(F)(F)F)C(F)(F)F. The van der Waals surface area contributed by atoms with Gasteiger partial charge in [-0.05, 0) is 37.0 Å². The Morgan fingerprint density at radius 3 is 1.94 bits per heavy atom. The fraction of sp³-hybridized carbons (Fsp3) is 0.458. The summed E-state index contributed by atoms with van der Waals surface area (Å²) >= 11 is 0. The van der Waals surface area contributed by atoms with Crippen molar-refractivity contribution in [3.05, 3.63) is 65.7 Å². The lowest BCUT2D eigenvalue weighted by Gasteiger charge is -2.45. The topological polar surface area (TPSA) is 80.7 Å². The molecule has 2 aromatic rings. The van der Waals surface area contributed by atoms with E-state index in [1.807, 2.05) is 0 Å². The average molecular weight is 539 g/mol. The van der Waals surface area contributed by atoms with E-state index in [1.54, 1.807) is 13.0 Å². The number of sulfone groups is 1. The fourth-order valence-corrected chi connectivity index (χ4v) is 6.71. The molecule has 1 saturated carbocycles. The number of hydrogen-bond donors (Lipinski definition) is 1. The molecule has 1 N–H and O–H groups in total. The van der Waals surface area contributed by atoms with Crippen molar-refractivity contribution in [1.82, 2.24) is 0 Å². The lowest BCUT2D eigenvalue weighted by atomic mass is 9.70. The number of hydrogen-bond acceptors (Lipinski definition) is 4. The van der Waals surface area contributed by atoms with E-state index in [4.69, 9.17) is 0 Å². The van der Waals surface area contributed by atoms with E-state index in [0.717, 1.165) is 12.1 Å². The maximum atomic E-state index is 13.9. The second kappa shape index (κ2) is 9.70. The van der Waals surface area contributed by atoms with Crippen LogP contribution in [0.2, 0.25) is 0 Å². The molecular weight excluding hydrogens is 514 g/mol. The highest BCUT2D eigenvalue weighted by Gasteiger charge is 2.73. The molecule has 0 spiro atoms. The predicted molar refractivity (Wildman–Crippen MR) is 117 cm³/mol. The largest absolute Gasteiger partial charge is 0.481 e. The van der Waals surface area contributed by atoms with Crippen LogP contribution in [0.25, 0.3) is 0 Å².